The van der Waals surface area contributed by atoms with Gasteiger partial charge in [-0.1, -0.05) is 6.92 Å². The summed E-state index contributed by atoms with van der Waals surface area (Å²) in [6, 6.07) is 6.23. The van der Waals surface area contributed by atoms with E-state index in [4.69, 9.17) is 0 Å². The van der Waals surface area contributed by atoms with Crippen molar-refractivity contribution in [3.8, 4) is 0 Å². The van der Waals surface area contributed by atoms with Crippen molar-refractivity contribution in [2.75, 3.05) is 5.32 Å². The molecule has 2 amide bonds. The predicted molar refractivity (Wildman–Crippen MR) is 102 cm³/mol. The van der Waals surface area contributed by atoms with Gasteiger partial charge in [-0.2, -0.15) is 0 Å². The Morgan fingerprint density at radius 3 is 2.89 bits per heavy atom. The first-order chi connectivity index (χ1) is 12.8. The number of hydrogen-bond acceptors (Lipinski definition) is 5. The lowest BCUT2D eigenvalue weighted by molar-refractivity contribution is -0.115. The minimum atomic E-state index is -3.93. The number of sulfonamides is 1. The van der Waals surface area contributed by atoms with Gasteiger partial charge in [0.15, 0.2) is 0 Å². The third-order valence-corrected chi connectivity index (χ3v) is 7.35. The van der Waals surface area contributed by atoms with Crippen LogP contribution in [0.4, 0.5) is 5.69 Å². The van der Waals surface area contributed by atoms with E-state index in [0.29, 0.717) is 22.0 Å². The maximum Gasteiger partial charge on any atom is 0.276 e. The van der Waals surface area contributed by atoms with Crippen molar-refractivity contribution in [3.05, 3.63) is 45.1 Å². The number of thiophene rings is 1. The second-order valence-electron chi connectivity index (χ2n) is 7.01. The maximum atomic E-state index is 12.5. The fraction of sp³-hybridized carbons (Fsp3) is 0.333. The lowest BCUT2D eigenvalue weighted by Gasteiger charge is -2.16. The van der Waals surface area contributed by atoms with Crippen LogP contribution in [0.3, 0.4) is 0 Å². The number of aryl methyl sites for hydroxylation is 1. The summed E-state index contributed by atoms with van der Waals surface area (Å²) < 4.78 is 24.9. The minimum absolute atomic E-state index is 0.00245. The Balaban J connectivity index is 1.46. The molecule has 3 N–H and O–H groups in total. The van der Waals surface area contributed by atoms with Crippen LogP contribution in [0.25, 0.3) is 0 Å². The summed E-state index contributed by atoms with van der Waals surface area (Å²) >= 11 is 1.42. The summed E-state index contributed by atoms with van der Waals surface area (Å²) in [7, 11) is -3.93. The standard InChI is InChI=1S/C18H19N3O4S2/c1-10-2-5-15-12(6-10)8-16(26-15)18(23)20-21-27(24,25)13-3-4-14-11(7-13)9-17(22)19-14/h3-4,7-8,10,21H,2,5-6,9H2,1H3,(H,19,22)(H,20,23)/t10-/m1/s1. The number of hydrazine groups is 1. The number of anilines is 1. The van der Waals surface area contributed by atoms with Gasteiger partial charge in [-0.05, 0) is 60.6 Å². The number of hydrogen-bond donors (Lipinski definition) is 3. The van der Waals surface area contributed by atoms with Gasteiger partial charge < -0.3 is 5.32 Å². The van der Waals surface area contributed by atoms with E-state index in [-0.39, 0.29) is 17.2 Å². The molecule has 4 rings (SSSR count). The summed E-state index contributed by atoms with van der Waals surface area (Å²) in [4.78, 5) is 27.6. The Morgan fingerprint density at radius 1 is 1.26 bits per heavy atom. The third-order valence-electron chi connectivity index (χ3n) is 4.86. The van der Waals surface area contributed by atoms with Crippen molar-refractivity contribution in [3.63, 3.8) is 0 Å². The third kappa shape index (κ3) is 3.62. The summed E-state index contributed by atoms with van der Waals surface area (Å²) in [6.07, 6.45) is 3.16. The van der Waals surface area contributed by atoms with Gasteiger partial charge >= 0.3 is 0 Å². The van der Waals surface area contributed by atoms with Crippen molar-refractivity contribution < 1.29 is 18.0 Å². The number of amides is 2. The first kappa shape index (κ1) is 18.1. The van der Waals surface area contributed by atoms with Crippen LogP contribution in [0, 0.1) is 5.92 Å². The lowest BCUT2D eigenvalue weighted by Crippen LogP contribution is -2.41. The summed E-state index contributed by atoms with van der Waals surface area (Å²) in [5.74, 6) is -0.0388. The van der Waals surface area contributed by atoms with Gasteiger partial charge in [-0.25, -0.2) is 8.42 Å². The van der Waals surface area contributed by atoms with Gasteiger partial charge in [-0.3, -0.25) is 15.0 Å². The van der Waals surface area contributed by atoms with E-state index < -0.39 is 15.9 Å². The predicted octanol–water partition coefficient (Wildman–Crippen LogP) is 1.99. The van der Waals surface area contributed by atoms with Crippen LogP contribution >= 0.6 is 11.3 Å². The molecule has 1 atom stereocenters. The van der Waals surface area contributed by atoms with Gasteiger partial charge in [0.25, 0.3) is 15.9 Å². The molecule has 7 nitrogen and oxygen atoms in total. The van der Waals surface area contributed by atoms with Crippen molar-refractivity contribution in [2.45, 2.75) is 37.5 Å². The molecule has 1 aromatic heterocycles. The molecule has 1 aliphatic heterocycles. The zero-order valence-electron chi connectivity index (χ0n) is 14.7. The van der Waals surface area contributed by atoms with Crippen molar-refractivity contribution in [2.24, 2.45) is 5.92 Å². The molecule has 1 aliphatic carbocycles. The van der Waals surface area contributed by atoms with Crippen LogP contribution in [0.1, 0.15) is 39.0 Å². The van der Waals surface area contributed by atoms with Crippen molar-refractivity contribution >= 4 is 38.9 Å². The van der Waals surface area contributed by atoms with Gasteiger partial charge in [0.05, 0.1) is 16.2 Å². The molecule has 0 unspecified atom stereocenters. The molecule has 0 bridgehead atoms. The number of carbonyl (C=O) groups excluding carboxylic acids is 2. The lowest BCUT2D eigenvalue weighted by atomic mass is 9.90. The van der Waals surface area contributed by atoms with Crippen LogP contribution in [0.2, 0.25) is 0 Å². The molecule has 0 spiro atoms. The molecule has 27 heavy (non-hydrogen) atoms. The highest BCUT2D eigenvalue weighted by atomic mass is 32.2. The molecule has 0 saturated heterocycles. The van der Waals surface area contributed by atoms with E-state index in [2.05, 4.69) is 22.5 Å². The van der Waals surface area contributed by atoms with Crippen LogP contribution in [-0.4, -0.2) is 20.2 Å². The number of fused-ring (bicyclic) bond motifs is 2. The van der Waals surface area contributed by atoms with Crippen LogP contribution < -0.4 is 15.6 Å². The first-order valence-electron chi connectivity index (χ1n) is 8.68. The Kier molecular flexibility index (Phi) is 4.53. The van der Waals surface area contributed by atoms with Crippen LogP contribution in [-0.2, 0) is 34.1 Å². The zero-order chi connectivity index (χ0) is 19.2. The summed E-state index contributed by atoms with van der Waals surface area (Å²) in [5.41, 5.74) is 4.70. The zero-order valence-corrected chi connectivity index (χ0v) is 16.3. The SMILES string of the molecule is C[C@@H]1CCc2sc(C(=O)NNS(=O)(=O)c3ccc4c(c3)CC(=O)N4)cc2C1. The molecule has 0 fully saturated rings. The quantitative estimate of drug-likeness (QED) is 0.677. The highest BCUT2D eigenvalue weighted by Gasteiger charge is 2.24. The van der Waals surface area contributed by atoms with Gasteiger partial charge in [-0.15, -0.1) is 16.2 Å². The molecule has 9 heteroatoms. The molecule has 0 saturated carbocycles. The van der Waals surface area contributed by atoms with E-state index >= 15 is 0 Å². The van der Waals surface area contributed by atoms with Crippen molar-refractivity contribution in [1.82, 2.24) is 10.3 Å². The minimum Gasteiger partial charge on any atom is -0.326 e. The Hall–Kier alpha value is -2.23. The van der Waals surface area contributed by atoms with Crippen molar-refractivity contribution in [1.29, 1.82) is 0 Å². The molecular weight excluding hydrogens is 386 g/mol. The highest BCUT2D eigenvalue weighted by Crippen LogP contribution is 2.32. The number of carbonyl (C=O) groups is 2. The maximum absolute atomic E-state index is 12.5. The highest BCUT2D eigenvalue weighted by molar-refractivity contribution is 7.89. The summed E-state index contributed by atoms with van der Waals surface area (Å²) in [6.45, 7) is 2.19. The fourth-order valence-corrected chi connectivity index (χ4v) is 5.42. The second kappa shape index (κ2) is 6.74. The molecule has 2 aliphatic rings. The smallest absolute Gasteiger partial charge is 0.276 e. The molecule has 2 aromatic rings. The Bertz CT molecular complexity index is 1040. The molecule has 1 aromatic carbocycles. The molecule has 2 heterocycles. The topological polar surface area (TPSA) is 104 Å². The second-order valence-corrected chi connectivity index (χ2v) is 9.83. The number of rotatable bonds is 4. The largest absolute Gasteiger partial charge is 0.326 e. The van der Waals surface area contributed by atoms with Crippen LogP contribution in [0.5, 0.6) is 0 Å². The molecule has 142 valence electrons. The van der Waals surface area contributed by atoms with E-state index in [9.17, 15) is 18.0 Å². The van der Waals surface area contributed by atoms with Gasteiger partial charge in [0.2, 0.25) is 5.91 Å². The Morgan fingerprint density at radius 2 is 2.07 bits per heavy atom. The van der Waals surface area contributed by atoms with Gasteiger partial charge in [0.1, 0.15) is 0 Å². The summed E-state index contributed by atoms with van der Waals surface area (Å²) in [5, 5.41) is 2.65. The van der Waals surface area contributed by atoms with E-state index in [1.807, 2.05) is 6.07 Å². The molecule has 0 radical (unpaired) electrons. The van der Waals surface area contributed by atoms with E-state index in [1.165, 1.54) is 33.9 Å². The van der Waals surface area contributed by atoms with E-state index in [0.717, 1.165) is 19.3 Å². The normalized spacial score (nSPS) is 18.6. The molecular formula is C18H19N3O4S2. The average molecular weight is 406 g/mol. The first-order valence-corrected chi connectivity index (χ1v) is 11.0. The fourth-order valence-electron chi connectivity index (χ4n) is 3.42. The monoisotopic (exact) mass is 405 g/mol. The number of nitrogens with one attached hydrogen (secondary N) is 3. The Labute approximate surface area is 161 Å². The number of benzene rings is 1. The average Bonchev–Trinajstić information content (AvgIpc) is 3.20. The van der Waals surface area contributed by atoms with E-state index in [1.54, 1.807) is 6.07 Å². The van der Waals surface area contributed by atoms with Gasteiger partial charge in [0, 0.05) is 10.6 Å². The van der Waals surface area contributed by atoms with Crippen LogP contribution in [0.15, 0.2) is 29.2 Å².